The summed E-state index contributed by atoms with van der Waals surface area (Å²) < 4.78 is 26.5. The zero-order valence-corrected chi connectivity index (χ0v) is 74.9. The lowest BCUT2D eigenvalue weighted by atomic mass is 10.1. The van der Waals surface area contributed by atoms with E-state index in [1.54, 1.807) is 84.5 Å². The second-order valence-corrected chi connectivity index (χ2v) is 30.7. The number of pyridine rings is 2. The third-order valence-electron chi connectivity index (χ3n) is 22.1. The van der Waals surface area contributed by atoms with Crippen LogP contribution >= 0.6 is 0 Å². The summed E-state index contributed by atoms with van der Waals surface area (Å²) in [6.45, 7) is 17.3. The number of benzene rings is 6. The number of nitrogens with two attached hydrogens (primary N) is 6. The van der Waals surface area contributed by atoms with Crippen molar-refractivity contribution in [3.05, 3.63) is 189 Å². The molecule has 128 heavy (non-hydrogen) atoms. The van der Waals surface area contributed by atoms with Crippen molar-refractivity contribution in [2.24, 2.45) is 41.4 Å². The van der Waals surface area contributed by atoms with Crippen molar-refractivity contribution in [1.29, 1.82) is 0 Å². The normalized spacial score (nSPS) is 14.6. The van der Waals surface area contributed by atoms with Crippen LogP contribution in [-0.4, -0.2) is 248 Å². The molecule has 0 radical (unpaired) electrons. The van der Waals surface area contributed by atoms with Crippen LogP contribution in [0.3, 0.4) is 0 Å². The van der Waals surface area contributed by atoms with Gasteiger partial charge in [0.05, 0.1) is 115 Å². The highest BCUT2D eigenvalue weighted by Gasteiger charge is 2.27. The Morgan fingerprint density at radius 3 is 1.27 bits per heavy atom. The van der Waals surface area contributed by atoms with Crippen LogP contribution in [0, 0.1) is 41.5 Å². The summed E-state index contributed by atoms with van der Waals surface area (Å²) in [7, 11) is 11.6. The molecule has 678 valence electrons. The second kappa shape index (κ2) is 44.2. The van der Waals surface area contributed by atoms with Crippen LogP contribution in [0.5, 0.6) is 29.0 Å². The zero-order valence-electron chi connectivity index (χ0n) is 74.9. The van der Waals surface area contributed by atoms with Gasteiger partial charge in [-0.25, -0.2) is 30.0 Å². The minimum absolute atomic E-state index is 0.0294. The maximum atomic E-state index is 9.52. The average Bonchev–Trinajstić information content (AvgIpc) is 1.37. The molecule has 11 aromatic rings. The van der Waals surface area contributed by atoms with Gasteiger partial charge in [-0.15, -0.1) is 0 Å². The second-order valence-electron chi connectivity index (χ2n) is 30.7. The van der Waals surface area contributed by atoms with Crippen molar-refractivity contribution >= 4 is 142 Å². The van der Waals surface area contributed by atoms with Crippen molar-refractivity contribution in [3.8, 4) is 29.0 Å². The summed E-state index contributed by atoms with van der Waals surface area (Å²) >= 11 is 0. The standard InChI is InChI=1S/C30H35N7O3.C25H29N7O2.C11H14N2O.C10H17N3O3.C9H15N3O2.C8H10N2/c1-15-17(3)32-22-13-27(39-6)24(10-19(15)22)34-26-12-21(31)30(37(5)8-9-38)36-29(26)35-25-11-20-16(2)18(4)33-23(20)14-28(25)40-7;26-20-15-23(29-18-1-3-21-16(13-18)5-7-27-21)24(31-25(20)32(9-11-33)10-12-34)30-19-2-4-22-17(14-19)6-8-28-22;1-6-7(2)13-10-5-11(14-3)9(12)4-8(6)10;1-16-9-3-2-8(11)10(12-9)13(4-6-14)5-7-15;1-12(5-6-13)9-7(10)3-4-8(11-9)14-2;9-7-1-2-8-6(5-7)3-4-10-8/h10-14,32-33,38H,8-9,31H2,1-7H3;1-4,13-15,27-28,33-34H,5-12,26H2;4-5,13H,12H2,1-3H3;2-3,14-15H,4-7,11H2,1H3;3-4,13H,5-6,10H2,1-2H3;1-2,5,10H,3-4,9H2. The number of aromatic amines is 3. The highest BCUT2D eigenvalue weighted by atomic mass is 16.5. The first-order valence-electron chi connectivity index (χ1n) is 42.0. The fourth-order valence-corrected chi connectivity index (χ4v) is 14.9. The van der Waals surface area contributed by atoms with E-state index in [9.17, 15) is 15.3 Å². The van der Waals surface area contributed by atoms with E-state index in [0.29, 0.717) is 149 Å². The maximum Gasteiger partial charge on any atom is 0.215 e. The van der Waals surface area contributed by atoms with Crippen LogP contribution in [0.2, 0.25) is 0 Å². The summed E-state index contributed by atoms with van der Waals surface area (Å²) in [6.07, 6.45) is 6.56. The van der Waals surface area contributed by atoms with Crippen molar-refractivity contribution in [1.82, 2.24) is 34.7 Å². The molecule has 0 unspecified atom stereocenters. The molecule has 5 aromatic heterocycles. The first-order valence-corrected chi connectivity index (χ1v) is 42.0. The van der Waals surface area contributed by atoms with E-state index >= 15 is 0 Å². The van der Waals surface area contributed by atoms with Gasteiger partial charge in [0, 0.05) is 176 Å². The Balaban J connectivity index is 0.000000160. The molecule has 24 N–H and O–H groups in total. The monoisotopic (exact) mass is 1750 g/mol. The number of aliphatic imine (C=N–C) groups is 6. The number of methoxy groups -OCH3 is 5. The molecule has 10 heterocycles. The quantitative estimate of drug-likeness (QED) is 0.0265. The number of H-pyrrole nitrogens is 3. The summed E-state index contributed by atoms with van der Waals surface area (Å²) in [4.78, 5) is 54.7. The molecule has 0 fully saturated rings. The number of hydrogen-bond donors (Lipinski definition) is 18. The number of hydrogen-bond acceptors (Lipinski definition) is 30. The van der Waals surface area contributed by atoms with E-state index in [1.807, 2.05) is 107 Å². The van der Waals surface area contributed by atoms with Gasteiger partial charge in [-0.05, 0) is 191 Å². The Bertz CT molecular complexity index is 6010. The van der Waals surface area contributed by atoms with Crippen LogP contribution in [0.15, 0.2) is 169 Å². The van der Waals surface area contributed by atoms with Crippen LogP contribution in [0.4, 0.5) is 74.2 Å². The van der Waals surface area contributed by atoms with Crippen LogP contribution < -0.4 is 83.8 Å². The Morgan fingerprint density at radius 2 is 0.781 bits per heavy atom. The molecule has 0 bridgehead atoms. The number of aromatic nitrogens is 5. The lowest BCUT2D eigenvalue weighted by molar-refractivity contribution is 0.212. The number of likely N-dealkylation sites (N-methyl/N-ethyl adjacent to an activating group) is 2. The Kier molecular flexibility index (Phi) is 32.6. The van der Waals surface area contributed by atoms with Gasteiger partial charge in [-0.1, -0.05) is 0 Å². The SMILES string of the molecule is COc1cc2[nH]c(C)c(C)c2cc1N.COc1cc2[nH]c(C)c(C)c2cc1N=C1C=C(N)C(N(C)CCO)=NC1=Nc1cc2c(C)c(C)[nH]c2cc1OC.COc1ccc(N)c(N(C)CCO)n1.COc1ccc(N)c(N(CCO)CCO)n1.NC1=CC(=Nc2ccc3c(c2)CCN3)C(=Nc2ccc3c(c2)CCN3)N=C1N(CCO)CCO.Nc1ccc2c(c1)CCN2. The number of amidine groups is 4. The van der Waals surface area contributed by atoms with Gasteiger partial charge in [0.25, 0.3) is 0 Å². The molecule has 35 nitrogen and oxygen atoms in total. The molecule has 0 atom stereocenters. The van der Waals surface area contributed by atoms with Crippen LogP contribution in [-0.2, 0) is 19.3 Å². The molecule has 6 aromatic carbocycles. The molecule has 35 heteroatoms. The average molecular weight is 1750 g/mol. The Morgan fingerprint density at radius 1 is 0.383 bits per heavy atom. The Labute approximate surface area is 744 Å². The number of aliphatic hydroxyl groups is 6. The van der Waals surface area contributed by atoms with Gasteiger partial charge < -0.3 is 139 Å². The van der Waals surface area contributed by atoms with Gasteiger partial charge in [-0.2, -0.15) is 9.97 Å². The van der Waals surface area contributed by atoms with Crippen molar-refractivity contribution in [2.75, 3.05) is 197 Å². The first kappa shape index (κ1) is 94.6. The predicted molar refractivity (Wildman–Crippen MR) is 518 cm³/mol. The number of aryl methyl sites for hydroxylation is 6. The lowest BCUT2D eigenvalue weighted by Gasteiger charge is -2.27. The molecule has 5 aliphatic rings. The van der Waals surface area contributed by atoms with Gasteiger partial charge in [0.2, 0.25) is 11.8 Å². The van der Waals surface area contributed by atoms with Crippen molar-refractivity contribution in [2.45, 2.75) is 60.8 Å². The number of dihydropyridines is 2. The number of aliphatic hydroxyl groups excluding tert-OH is 6. The topological polar surface area (TPSA) is 520 Å². The molecule has 16 rings (SSSR count). The molecular formula is C93H120N24O11. The van der Waals surface area contributed by atoms with Gasteiger partial charge in [-0.3, -0.25) is 0 Å². The van der Waals surface area contributed by atoms with E-state index in [4.69, 9.17) is 103 Å². The largest absolute Gasteiger partial charge is 0.495 e. The van der Waals surface area contributed by atoms with E-state index in [2.05, 4.69) is 80.7 Å². The summed E-state index contributed by atoms with van der Waals surface area (Å²) in [5, 5.41) is 68.4. The number of rotatable bonds is 23. The summed E-state index contributed by atoms with van der Waals surface area (Å²) in [6, 6.07) is 36.7. The van der Waals surface area contributed by atoms with Gasteiger partial charge in [0.15, 0.2) is 35.0 Å². The number of anilines is 9. The summed E-state index contributed by atoms with van der Waals surface area (Å²) in [5.74, 6) is 5.80. The van der Waals surface area contributed by atoms with Crippen LogP contribution in [0.25, 0.3) is 32.7 Å². The van der Waals surface area contributed by atoms with E-state index in [1.165, 1.54) is 46.1 Å². The van der Waals surface area contributed by atoms with Crippen molar-refractivity contribution < 1.29 is 54.3 Å². The smallest absolute Gasteiger partial charge is 0.215 e. The van der Waals surface area contributed by atoms with Crippen molar-refractivity contribution in [3.63, 3.8) is 0 Å². The number of nitrogens with one attached hydrogen (secondary N) is 6. The number of fused-ring (bicyclic) bond motifs is 6. The third-order valence-corrected chi connectivity index (χ3v) is 22.1. The van der Waals surface area contributed by atoms with Gasteiger partial charge >= 0.3 is 0 Å². The number of nitrogens with zero attached hydrogens (tertiary/aromatic N) is 12. The van der Waals surface area contributed by atoms with E-state index < -0.39 is 0 Å². The van der Waals surface area contributed by atoms with E-state index in [-0.39, 0.29) is 39.6 Å². The summed E-state index contributed by atoms with van der Waals surface area (Å²) in [5.41, 5.74) is 60.4. The third kappa shape index (κ3) is 22.9. The van der Waals surface area contributed by atoms with E-state index in [0.717, 1.165) is 123 Å². The minimum Gasteiger partial charge on any atom is -0.495 e. The highest BCUT2D eigenvalue weighted by molar-refractivity contribution is 6.51. The Hall–Kier alpha value is -14.1. The van der Waals surface area contributed by atoms with Crippen LogP contribution in [0.1, 0.15) is 50.5 Å². The fourth-order valence-electron chi connectivity index (χ4n) is 14.9. The minimum atomic E-state index is -0.0826. The molecule has 5 aliphatic heterocycles. The molecule has 0 spiro atoms. The van der Waals surface area contributed by atoms with Gasteiger partial charge in [0.1, 0.15) is 40.0 Å². The predicted octanol–water partition coefficient (Wildman–Crippen LogP) is 10.0. The molecule has 0 saturated carbocycles. The molecule has 0 aliphatic carbocycles. The molecular weight excluding hydrogens is 1630 g/mol. The molecule has 0 saturated heterocycles. The maximum absolute atomic E-state index is 9.52. The lowest BCUT2D eigenvalue weighted by Crippen LogP contribution is -2.41. The number of nitrogen functional groups attached to an aromatic ring is 4. The first-order chi connectivity index (χ1) is 61.7. The fraction of sp³-hybridized carbons (Fsp3) is 0.333. The highest BCUT2D eigenvalue weighted by Crippen LogP contribution is 2.40. The molecule has 0 amide bonds. The number of ether oxygens (including phenoxy) is 5. The zero-order chi connectivity index (χ0) is 92.0.